The van der Waals surface area contributed by atoms with Crippen molar-refractivity contribution in [3.8, 4) is 6.07 Å². The summed E-state index contributed by atoms with van der Waals surface area (Å²) in [6, 6.07) is 14.8. The summed E-state index contributed by atoms with van der Waals surface area (Å²) >= 11 is 5.91. The second kappa shape index (κ2) is 8.19. The third-order valence-electron chi connectivity index (χ3n) is 3.55. The molecular formula is C19H18ClN3O. The van der Waals surface area contributed by atoms with Crippen molar-refractivity contribution < 1.29 is 4.79 Å². The zero-order valence-electron chi connectivity index (χ0n) is 13.6. The number of rotatable bonds is 5. The van der Waals surface area contributed by atoms with E-state index in [1.54, 1.807) is 24.3 Å². The number of nitrogens with one attached hydrogen (secondary N) is 2. The maximum atomic E-state index is 12.4. The van der Waals surface area contributed by atoms with E-state index < -0.39 is 5.91 Å². The van der Waals surface area contributed by atoms with Crippen LogP contribution in [0.2, 0.25) is 5.02 Å². The van der Waals surface area contributed by atoms with E-state index in [0.29, 0.717) is 10.7 Å². The van der Waals surface area contributed by atoms with Crippen LogP contribution in [0.25, 0.3) is 0 Å². The summed E-state index contributed by atoms with van der Waals surface area (Å²) in [4.78, 5) is 12.4. The number of nitrogens with zero attached hydrogens (tertiary/aromatic N) is 1. The van der Waals surface area contributed by atoms with E-state index in [0.717, 1.165) is 23.2 Å². The molecule has 2 N–H and O–H groups in total. The number of hydrogen-bond acceptors (Lipinski definition) is 3. The van der Waals surface area contributed by atoms with Crippen LogP contribution in [-0.2, 0) is 11.2 Å². The van der Waals surface area contributed by atoms with Crippen molar-refractivity contribution in [1.29, 1.82) is 5.26 Å². The number of carbonyl (C=O) groups is 1. The molecule has 0 unspecified atom stereocenters. The number of halogens is 1. The molecule has 2 aromatic rings. The fourth-order valence-electron chi connectivity index (χ4n) is 2.27. The molecule has 2 aromatic carbocycles. The summed E-state index contributed by atoms with van der Waals surface area (Å²) in [5.41, 5.74) is 3.44. The quantitative estimate of drug-likeness (QED) is 0.614. The predicted molar refractivity (Wildman–Crippen MR) is 98.0 cm³/mol. The van der Waals surface area contributed by atoms with Crippen LogP contribution in [0.3, 0.4) is 0 Å². The van der Waals surface area contributed by atoms with Gasteiger partial charge in [-0.1, -0.05) is 42.8 Å². The monoisotopic (exact) mass is 339 g/mol. The summed E-state index contributed by atoms with van der Waals surface area (Å²) in [6.07, 6.45) is 2.18. The fourth-order valence-corrected chi connectivity index (χ4v) is 2.46. The lowest BCUT2D eigenvalue weighted by atomic mass is 10.1. The van der Waals surface area contributed by atoms with Crippen molar-refractivity contribution in [2.45, 2.75) is 20.3 Å². The molecular weight excluding hydrogens is 322 g/mol. The zero-order chi connectivity index (χ0) is 17.5. The molecule has 5 heteroatoms. The van der Waals surface area contributed by atoms with Crippen LogP contribution in [0.1, 0.15) is 18.1 Å². The van der Waals surface area contributed by atoms with Crippen LogP contribution < -0.4 is 10.6 Å². The van der Waals surface area contributed by atoms with Gasteiger partial charge < -0.3 is 10.6 Å². The molecule has 0 aromatic heterocycles. The number of carbonyl (C=O) groups excluding carboxylic acids is 1. The van der Waals surface area contributed by atoms with E-state index in [-0.39, 0.29) is 5.57 Å². The highest BCUT2D eigenvalue weighted by Crippen LogP contribution is 2.22. The van der Waals surface area contributed by atoms with Crippen molar-refractivity contribution in [3.05, 3.63) is 70.4 Å². The van der Waals surface area contributed by atoms with Gasteiger partial charge in [-0.15, -0.1) is 0 Å². The van der Waals surface area contributed by atoms with E-state index in [4.69, 9.17) is 11.6 Å². The molecule has 0 aliphatic heterocycles. The van der Waals surface area contributed by atoms with Gasteiger partial charge in [0.05, 0.1) is 0 Å². The van der Waals surface area contributed by atoms with Crippen molar-refractivity contribution >= 4 is 28.9 Å². The Balaban J connectivity index is 2.18. The summed E-state index contributed by atoms with van der Waals surface area (Å²) in [5, 5.41) is 15.6. The normalized spacial score (nSPS) is 10.8. The first kappa shape index (κ1) is 17.6. The number of para-hydroxylation sites is 1. The molecule has 0 saturated carbocycles. The summed E-state index contributed by atoms with van der Waals surface area (Å²) in [5.74, 6) is -0.448. The molecule has 1 amide bonds. The minimum Gasteiger partial charge on any atom is -0.360 e. The van der Waals surface area contributed by atoms with Crippen molar-refractivity contribution in [1.82, 2.24) is 0 Å². The highest BCUT2D eigenvalue weighted by atomic mass is 35.5. The Hall–Kier alpha value is -2.77. The lowest BCUT2D eigenvalue weighted by Gasteiger charge is -2.12. The lowest BCUT2D eigenvalue weighted by Crippen LogP contribution is -2.16. The van der Waals surface area contributed by atoms with Gasteiger partial charge in [-0.25, -0.2) is 0 Å². The Morgan fingerprint density at radius 1 is 1.29 bits per heavy atom. The molecule has 0 saturated heterocycles. The van der Waals surface area contributed by atoms with Crippen LogP contribution in [-0.4, -0.2) is 5.91 Å². The first-order chi connectivity index (χ1) is 11.5. The topological polar surface area (TPSA) is 64.9 Å². The third kappa shape index (κ3) is 4.37. The van der Waals surface area contributed by atoms with Crippen LogP contribution >= 0.6 is 11.6 Å². The molecule has 0 radical (unpaired) electrons. The van der Waals surface area contributed by atoms with E-state index in [9.17, 15) is 10.1 Å². The number of amides is 1. The molecule has 0 aliphatic carbocycles. The fraction of sp³-hybridized carbons (Fsp3) is 0.158. The minimum atomic E-state index is -0.448. The van der Waals surface area contributed by atoms with Gasteiger partial charge in [0, 0.05) is 22.6 Å². The zero-order valence-corrected chi connectivity index (χ0v) is 14.3. The first-order valence-corrected chi connectivity index (χ1v) is 7.95. The highest BCUT2D eigenvalue weighted by molar-refractivity contribution is 6.30. The van der Waals surface area contributed by atoms with E-state index in [2.05, 4.69) is 10.6 Å². The second-order valence-electron chi connectivity index (χ2n) is 5.24. The smallest absolute Gasteiger partial charge is 0.267 e. The number of nitriles is 1. The average Bonchev–Trinajstić information content (AvgIpc) is 2.57. The summed E-state index contributed by atoms with van der Waals surface area (Å²) in [6.45, 7) is 3.95. The van der Waals surface area contributed by atoms with Crippen molar-refractivity contribution in [2.24, 2.45) is 0 Å². The van der Waals surface area contributed by atoms with Crippen LogP contribution in [0.15, 0.2) is 54.2 Å². The highest BCUT2D eigenvalue weighted by Gasteiger charge is 2.13. The third-order valence-corrected chi connectivity index (χ3v) is 3.79. The van der Waals surface area contributed by atoms with Gasteiger partial charge in [0.25, 0.3) is 5.91 Å². The molecule has 0 spiro atoms. The van der Waals surface area contributed by atoms with Gasteiger partial charge in [0.2, 0.25) is 0 Å². The molecule has 0 bridgehead atoms. The van der Waals surface area contributed by atoms with E-state index in [1.807, 2.05) is 38.1 Å². The number of hydrogen-bond donors (Lipinski definition) is 2. The molecule has 0 aliphatic rings. The Morgan fingerprint density at radius 3 is 2.71 bits per heavy atom. The SMILES string of the molecule is CCc1cccc(C)c1NC(=O)/C(C#N)=C\Nc1cccc(Cl)c1. The van der Waals surface area contributed by atoms with Gasteiger partial charge in [-0.2, -0.15) is 5.26 Å². The van der Waals surface area contributed by atoms with Gasteiger partial charge in [0.1, 0.15) is 11.6 Å². The Bertz CT molecular complexity index is 822. The molecule has 0 fully saturated rings. The molecule has 2 rings (SSSR count). The predicted octanol–water partition coefficient (Wildman–Crippen LogP) is 4.67. The van der Waals surface area contributed by atoms with Gasteiger partial charge in [-0.3, -0.25) is 4.79 Å². The summed E-state index contributed by atoms with van der Waals surface area (Å²) < 4.78 is 0. The number of aryl methyl sites for hydroxylation is 2. The average molecular weight is 340 g/mol. The van der Waals surface area contributed by atoms with Crippen LogP contribution in [0.4, 0.5) is 11.4 Å². The Morgan fingerprint density at radius 2 is 2.04 bits per heavy atom. The molecule has 0 atom stereocenters. The Labute approximate surface area is 146 Å². The largest absolute Gasteiger partial charge is 0.360 e. The van der Waals surface area contributed by atoms with Gasteiger partial charge in [0.15, 0.2) is 0 Å². The first-order valence-electron chi connectivity index (χ1n) is 7.57. The maximum absolute atomic E-state index is 12.4. The second-order valence-corrected chi connectivity index (χ2v) is 5.68. The molecule has 0 heterocycles. The molecule has 4 nitrogen and oxygen atoms in total. The molecule has 24 heavy (non-hydrogen) atoms. The number of benzene rings is 2. The number of anilines is 2. The van der Waals surface area contributed by atoms with Crippen LogP contribution in [0, 0.1) is 18.3 Å². The molecule has 122 valence electrons. The van der Waals surface area contributed by atoms with E-state index in [1.165, 1.54) is 6.20 Å². The van der Waals surface area contributed by atoms with E-state index >= 15 is 0 Å². The van der Waals surface area contributed by atoms with Gasteiger partial charge in [-0.05, 0) is 42.7 Å². The summed E-state index contributed by atoms with van der Waals surface area (Å²) in [7, 11) is 0. The lowest BCUT2D eigenvalue weighted by molar-refractivity contribution is -0.112. The van der Waals surface area contributed by atoms with Crippen molar-refractivity contribution in [2.75, 3.05) is 10.6 Å². The van der Waals surface area contributed by atoms with Gasteiger partial charge >= 0.3 is 0 Å². The standard InChI is InChI=1S/C19H18ClN3O/c1-3-14-7-4-6-13(2)18(14)23-19(24)15(11-21)12-22-17-9-5-8-16(20)10-17/h4-10,12,22H,3H2,1-2H3,(H,23,24)/b15-12-. The minimum absolute atomic E-state index is 0.0136. The maximum Gasteiger partial charge on any atom is 0.267 e. The Kier molecular flexibility index (Phi) is 6.00. The van der Waals surface area contributed by atoms with Crippen LogP contribution in [0.5, 0.6) is 0 Å². The van der Waals surface area contributed by atoms with Crippen molar-refractivity contribution in [3.63, 3.8) is 0 Å².